The molecule has 8 nitrogen and oxygen atoms in total. The van der Waals surface area contributed by atoms with Crippen LogP contribution in [-0.2, 0) is 9.53 Å². The fourth-order valence-corrected chi connectivity index (χ4v) is 4.82. The molecule has 202 valence electrons. The number of hydrogen-bond acceptors (Lipinski definition) is 5. The molecule has 0 radical (unpaired) electrons. The highest BCUT2D eigenvalue weighted by atomic mass is 19.1. The zero-order valence-corrected chi connectivity index (χ0v) is 22.4. The van der Waals surface area contributed by atoms with Crippen LogP contribution in [-0.4, -0.2) is 79.0 Å². The number of rotatable bonds is 7. The van der Waals surface area contributed by atoms with E-state index >= 15 is 0 Å². The van der Waals surface area contributed by atoms with Gasteiger partial charge in [0.25, 0.3) is 5.91 Å². The number of benzene rings is 2. The molecular formula is C29H35FN4O4. The molecule has 1 atom stereocenters. The lowest BCUT2D eigenvalue weighted by Crippen LogP contribution is -2.53. The zero-order chi connectivity index (χ0) is 27.4. The highest BCUT2D eigenvalue weighted by molar-refractivity contribution is 5.95. The fourth-order valence-electron chi connectivity index (χ4n) is 4.82. The van der Waals surface area contributed by atoms with Crippen LogP contribution in [0.3, 0.4) is 0 Å². The summed E-state index contributed by atoms with van der Waals surface area (Å²) in [5, 5.41) is 2.96. The molecule has 2 aromatic carbocycles. The van der Waals surface area contributed by atoms with Crippen molar-refractivity contribution in [2.24, 2.45) is 0 Å². The number of ether oxygens (including phenoxy) is 1. The van der Waals surface area contributed by atoms with Gasteiger partial charge in [-0.25, -0.2) is 14.0 Å². The van der Waals surface area contributed by atoms with Crippen LogP contribution in [0, 0.1) is 5.82 Å². The summed E-state index contributed by atoms with van der Waals surface area (Å²) >= 11 is 0. The Morgan fingerprint density at radius 2 is 1.66 bits per heavy atom. The smallest absolute Gasteiger partial charge is 0.338 e. The van der Waals surface area contributed by atoms with Gasteiger partial charge < -0.3 is 15.0 Å². The number of carbonyl (C=O) groups excluding carboxylic acids is 3. The van der Waals surface area contributed by atoms with E-state index in [0.29, 0.717) is 55.5 Å². The maximum atomic E-state index is 13.2. The molecule has 4 rings (SSSR count). The van der Waals surface area contributed by atoms with Crippen molar-refractivity contribution in [3.63, 3.8) is 0 Å². The number of likely N-dealkylation sites (N-methyl/N-ethyl adjacent to an activating group) is 1. The summed E-state index contributed by atoms with van der Waals surface area (Å²) in [5.74, 6) is -0.625. The van der Waals surface area contributed by atoms with Gasteiger partial charge in [0.1, 0.15) is 5.82 Å². The number of nitrogens with one attached hydrogen (secondary N) is 1. The molecule has 3 amide bonds. The third-order valence-electron chi connectivity index (χ3n) is 7.13. The van der Waals surface area contributed by atoms with Crippen molar-refractivity contribution in [2.45, 2.75) is 32.7 Å². The number of hydrogen-bond donors (Lipinski definition) is 1. The van der Waals surface area contributed by atoms with Gasteiger partial charge in [0, 0.05) is 51.0 Å². The molecule has 0 saturated carbocycles. The van der Waals surface area contributed by atoms with Crippen LogP contribution < -0.4 is 5.32 Å². The fraction of sp³-hybridized carbons (Fsp3) is 0.414. The first-order chi connectivity index (χ1) is 18.2. The molecule has 9 heteroatoms. The minimum absolute atomic E-state index is 0.143. The molecule has 2 aromatic rings. The number of carbonyl (C=O) groups is 3. The molecule has 1 fully saturated rings. The van der Waals surface area contributed by atoms with Crippen molar-refractivity contribution in [2.75, 3.05) is 46.4 Å². The van der Waals surface area contributed by atoms with Crippen LogP contribution in [0.15, 0.2) is 59.8 Å². The van der Waals surface area contributed by atoms with Gasteiger partial charge in [-0.3, -0.25) is 14.6 Å². The summed E-state index contributed by atoms with van der Waals surface area (Å²) in [6.45, 7) is 8.65. The number of esters is 1. The van der Waals surface area contributed by atoms with E-state index in [1.807, 2.05) is 24.3 Å². The Bertz CT molecular complexity index is 1200. The normalized spacial score (nSPS) is 18.6. The molecule has 1 N–H and O–H groups in total. The van der Waals surface area contributed by atoms with E-state index in [1.165, 1.54) is 34.7 Å². The van der Waals surface area contributed by atoms with Gasteiger partial charge >= 0.3 is 12.0 Å². The van der Waals surface area contributed by atoms with Crippen LogP contribution >= 0.6 is 0 Å². The van der Waals surface area contributed by atoms with E-state index in [1.54, 1.807) is 18.9 Å². The lowest BCUT2D eigenvalue weighted by atomic mass is 9.92. The first-order valence-corrected chi connectivity index (χ1v) is 13.0. The van der Waals surface area contributed by atoms with E-state index in [9.17, 15) is 18.8 Å². The van der Waals surface area contributed by atoms with Crippen molar-refractivity contribution in [1.29, 1.82) is 0 Å². The summed E-state index contributed by atoms with van der Waals surface area (Å²) in [4.78, 5) is 44.4. The second-order valence-corrected chi connectivity index (χ2v) is 9.92. The molecule has 2 aliphatic heterocycles. The van der Waals surface area contributed by atoms with Gasteiger partial charge in [-0.15, -0.1) is 0 Å². The third kappa shape index (κ3) is 5.88. The van der Waals surface area contributed by atoms with Crippen molar-refractivity contribution >= 4 is 17.9 Å². The zero-order valence-electron chi connectivity index (χ0n) is 22.4. The summed E-state index contributed by atoms with van der Waals surface area (Å²) in [6.07, 6.45) is 0. The van der Waals surface area contributed by atoms with E-state index in [2.05, 4.69) is 24.1 Å². The lowest BCUT2D eigenvalue weighted by molar-refractivity contribution is -0.139. The number of amides is 3. The summed E-state index contributed by atoms with van der Waals surface area (Å²) in [7, 11) is 1.65. The molecule has 0 aromatic heterocycles. The number of piperazine rings is 1. The molecule has 38 heavy (non-hydrogen) atoms. The minimum atomic E-state index is -0.629. The number of nitrogens with zero attached hydrogens (tertiary/aromatic N) is 3. The Morgan fingerprint density at radius 3 is 2.24 bits per heavy atom. The Balaban J connectivity index is 1.56. The summed E-state index contributed by atoms with van der Waals surface area (Å²) < 4.78 is 18.7. The van der Waals surface area contributed by atoms with Crippen LogP contribution in [0.4, 0.5) is 9.18 Å². The first-order valence-electron chi connectivity index (χ1n) is 13.0. The predicted octanol–water partition coefficient (Wildman–Crippen LogP) is 3.92. The predicted molar refractivity (Wildman–Crippen MR) is 142 cm³/mol. The third-order valence-corrected chi connectivity index (χ3v) is 7.13. The lowest BCUT2D eigenvalue weighted by Gasteiger charge is -2.39. The van der Waals surface area contributed by atoms with Crippen molar-refractivity contribution < 1.29 is 23.5 Å². The van der Waals surface area contributed by atoms with E-state index in [0.717, 1.165) is 5.56 Å². The molecule has 1 saturated heterocycles. The topological polar surface area (TPSA) is 82.2 Å². The van der Waals surface area contributed by atoms with Gasteiger partial charge in [-0.2, -0.15) is 0 Å². The molecule has 1 unspecified atom stereocenters. The van der Waals surface area contributed by atoms with Gasteiger partial charge in [0.05, 0.1) is 18.2 Å². The van der Waals surface area contributed by atoms with Gasteiger partial charge in [0.15, 0.2) is 0 Å². The number of halogens is 1. The van der Waals surface area contributed by atoms with Gasteiger partial charge in [-0.05, 0) is 48.2 Å². The van der Waals surface area contributed by atoms with Crippen molar-refractivity contribution in [3.05, 3.63) is 82.3 Å². The first kappa shape index (κ1) is 27.3. The average molecular weight is 523 g/mol. The summed E-state index contributed by atoms with van der Waals surface area (Å²) in [6, 6.07) is 12.5. The van der Waals surface area contributed by atoms with Crippen LogP contribution in [0.5, 0.6) is 0 Å². The molecule has 2 aliphatic rings. The largest absolute Gasteiger partial charge is 0.463 e. The van der Waals surface area contributed by atoms with Crippen LogP contribution in [0.2, 0.25) is 0 Å². The van der Waals surface area contributed by atoms with Crippen molar-refractivity contribution in [1.82, 2.24) is 20.0 Å². The van der Waals surface area contributed by atoms with E-state index in [-0.39, 0.29) is 24.4 Å². The van der Waals surface area contributed by atoms with Crippen LogP contribution in [0.1, 0.15) is 54.2 Å². The van der Waals surface area contributed by atoms with Crippen LogP contribution in [0.25, 0.3) is 0 Å². The number of urea groups is 1. The second kappa shape index (κ2) is 11.8. The Morgan fingerprint density at radius 1 is 1.03 bits per heavy atom. The molecule has 0 spiro atoms. The monoisotopic (exact) mass is 522 g/mol. The van der Waals surface area contributed by atoms with Gasteiger partial charge in [-0.1, -0.05) is 38.1 Å². The Hall–Kier alpha value is -3.72. The van der Waals surface area contributed by atoms with E-state index < -0.39 is 12.0 Å². The van der Waals surface area contributed by atoms with Gasteiger partial charge in [0.2, 0.25) is 0 Å². The van der Waals surface area contributed by atoms with Crippen molar-refractivity contribution in [3.8, 4) is 0 Å². The summed E-state index contributed by atoms with van der Waals surface area (Å²) in [5.41, 5.74) is 3.43. The molecule has 0 aliphatic carbocycles. The average Bonchev–Trinajstić information content (AvgIpc) is 2.91. The molecule has 2 heterocycles. The SMILES string of the molecule is CCOC(=O)C1=C(CN2CCN(C(=O)c3ccc(F)cc3)CC2)N(C)C(=O)NC1c1ccc(C(C)C)cc1. The molecule has 0 bridgehead atoms. The standard InChI is InChI=1S/C29H35FN4O4/c1-5-38-28(36)25-24(32(4)29(37)31-26(25)21-8-6-20(7-9-21)19(2)3)18-33-14-16-34(17-15-33)27(35)22-10-12-23(30)13-11-22/h6-13,19,26H,5,14-18H2,1-4H3,(H,31,37). The quantitative estimate of drug-likeness (QED) is 0.558. The highest BCUT2D eigenvalue weighted by Gasteiger charge is 2.37. The Labute approximate surface area is 223 Å². The maximum absolute atomic E-state index is 13.2. The second-order valence-electron chi connectivity index (χ2n) is 9.92. The Kier molecular flexibility index (Phi) is 8.46. The molecular weight excluding hydrogens is 487 g/mol. The maximum Gasteiger partial charge on any atom is 0.338 e. The van der Waals surface area contributed by atoms with E-state index in [4.69, 9.17) is 4.74 Å². The minimum Gasteiger partial charge on any atom is -0.463 e. The highest BCUT2D eigenvalue weighted by Crippen LogP contribution is 2.32.